The summed E-state index contributed by atoms with van der Waals surface area (Å²) in [6.45, 7) is 1.41. The van der Waals surface area contributed by atoms with Crippen molar-refractivity contribution in [2.75, 3.05) is 18.8 Å². The highest BCUT2D eigenvalue weighted by molar-refractivity contribution is 7.85. The number of alkyl halides is 3. The van der Waals surface area contributed by atoms with E-state index in [0.717, 1.165) is 0 Å². The summed E-state index contributed by atoms with van der Waals surface area (Å²) in [6.07, 6.45) is -3.99. The van der Waals surface area contributed by atoms with Gasteiger partial charge in [-0.15, -0.1) is 0 Å². The minimum absolute atomic E-state index is 0.0419. The molecule has 3 aromatic rings. The number of aromatic amines is 1. The summed E-state index contributed by atoms with van der Waals surface area (Å²) in [5.41, 5.74) is -3.37. The molecule has 4 rings (SSSR count). The van der Waals surface area contributed by atoms with Gasteiger partial charge >= 0.3 is 17.8 Å². The van der Waals surface area contributed by atoms with Crippen LogP contribution in [0.2, 0.25) is 10.0 Å². The number of carboxylic acid groups (broad SMARTS) is 1. The average Bonchev–Trinajstić information content (AvgIpc) is 2.87. The van der Waals surface area contributed by atoms with E-state index in [9.17, 15) is 36.9 Å². The Bertz CT molecular complexity index is 1590. The third-order valence-electron chi connectivity index (χ3n) is 6.72. The Labute approximate surface area is 232 Å². The third-order valence-corrected chi connectivity index (χ3v) is 8.79. The number of carboxylic acids is 1. The summed E-state index contributed by atoms with van der Waals surface area (Å²) in [5, 5.41) is 8.72. The fourth-order valence-corrected chi connectivity index (χ4v) is 6.24. The summed E-state index contributed by atoms with van der Waals surface area (Å²) < 4.78 is 55.8. The molecule has 1 aliphatic heterocycles. The van der Waals surface area contributed by atoms with Crippen LogP contribution in [0.15, 0.2) is 38.8 Å². The lowest BCUT2D eigenvalue weighted by molar-refractivity contribution is -0.144. The number of aromatic nitrogens is 2. The summed E-state index contributed by atoms with van der Waals surface area (Å²) in [5.74, 6) is -1.50. The number of hydrogen-bond donors (Lipinski definition) is 2. The molecule has 8 nitrogen and oxygen atoms in total. The zero-order chi connectivity index (χ0) is 28.6. The number of hydrogen-bond acceptors (Lipinski definition) is 5. The minimum atomic E-state index is -4.89. The lowest BCUT2D eigenvalue weighted by atomic mass is 9.96. The van der Waals surface area contributed by atoms with Gasteiger partial charge in [0.1, 0.15) is 0 Å². The molecule has 1 saturated heterocycles. The van der Waals surface area contributed by atoms with E-state index in [1.54, 1.807) is 11.8 Å². The number of nitrogens with one attached hydrogen (secondary N) is 1. The van der Waals surface area contributed by atoms with Crippen LogP contribution >= 0.6 is 23.2 Å². The van der Waals surface area contributed by atoms with E-state index in [2.05, 4.69) is 4.98 Å². The van der Waals surface area contributed by atoms with Crippen LogP contribution in [0.1, 0.15) is 36.5 Å². The molecule has 1 aliphatic rings. The molecule has 14 heteroatoms. The highest BCUT2D eigenvalue weighted by atomic mass is 35.5. The van der Waals surface area contributed by atoms with Crippen molar-refractivity contribution < 1.29 is 27.3 Å². The Morgan fingerprint density at radius 1 is 1.21 bits per heavy atom. The fourth-order valence-electron chi connectivity index (χ4n) is 4.79. The quantitative estimate of drug-likeness (QED) is 0.410. The fraction of sp³-hybridized carbons (Fsp3) is 0.400. The maximum Gasteiger partial charge on any atom is 0.416 e. The molecule has 0 spiro atoms. The van der Waals surface area contributed by atoms with Crippen molar-refractivity contribution in [3.05, 3.63) is 71.8 Å². The summed E-state index contributed by atoms with van der Waals surface area (Å²) in [7, 11) is -1.45. The number of rotatable bonds is 7. The van der Waals surface area contributed by atoms with Crippen LogP contribution < -0.4 is 11.2 Å². The Kier molecular flexibility index (Phi) is 8.60. The van der Waals surface area contributed by atoms with Crippen LogP contribution in [0.25, 0.3) is 10.9 Å². The predicted molar refractivity (Wildman–Crippen MR) is 142 cm³/mol. The van der Waals surface area contributed by atoms with Crippen LogP contribution in [-0.4, -0.2) is 48.6 Å². The summed E-state index contributed by atoms with van der Waals surface area (Å²) >= 11 is 12.5. The molecule has 0 radical (unpaired) electrons. The zero-order valence-corrected chi connectivity index (χ0v) is 22.9. The predicted octanol–water partition coefficient (Wildman–Crippen LogP) is 4.49. The van der Waals surface area contributed by atoms with Gasteiger partial charge in [0, 0.05) is 28.8 Å². The number of nitrogens with zero attached hydrogens (tertiary/aromatic N) is 2. The molecule has 1 unspecified atom stereocenters. The van der Waals surface area contributed by atoms with Crippen LogP contribution in [0.3, 0.4) is 0 Å². The van der Waals surface area contributed by atoms with E-state index in [0.29, 0.717) is 40.5 Å². The molecule has 0 amide bonds. The number of benzene rings is 2. The Morgan fingerprint density at radius 2 is 1.92 bits per heavy atom. The molecule has 39 heavy (non-hydrogen) atoms. The van der Waals surface area contributed by atoms with E-state index < -0.39 is 56.1 Å². The van der Waals surface area contributed by atoms with Crippen LogP contribution in [0.5, 0.6) is 0 Å². The Balaban J connectivity index is 1.85. The molecule has 1 fully saturated rings. The maximum absolute atomic E-state index is 14.2. The van der Waals surface area contributed by atoms with Gasteiger partial charge in [0.15, 0.2) is 0 Å². The number of halogens is 5. The van der Waals surface area contributed by atoms with Crippen molar-refractivity contribution in [2.45, 2.75) is 43.9 Å². The van der Waals surface area contributed by atoms with Crippen molar-refractivity contribution in [3.8, 4) is 0 Å². The van der Waals surface area contributed by atoms with E-state index in [4.69, 9.17) is 23.2 Å². The minimum Gasteiger partial charge on any atom is -0.481 e. The monoisotopic (exact) mass is 605 g/mol. The van der Waals surface area contributed by atoms with E-state index in [1.165, 1.54) is 18.2 Å². The number of fused-ring (bicyclic) bond motifs is 1. The van der Waals surface area contributed by atoms with Gasteiger partial charge in [-0.05, 0) is 54.8 Å². The third kappa shape index (κ3) is 6.08. The molecule has 0 bridgehead atoms. The van der Waals surface area contributed by atoms with Gasteiger partial charge in [-0.1, -0.05) is 30.1 Å². The van der Waals surface area contributed by atoms with Gasteiger partial charge in [0.2, 0.25) is 0 Å². The van der Waals surface area contributed by atoms with Gasteiger partial charge in [-0.2, -0.15) is 13.2 Å². The van der Waals surface area contributed by atoms with Crippen molar-refractivity contribution in [1.82, 2.24) is 14.5 Å². The van der Waals surface area contributed by atoms with Gasteiger partial charge in [0.05, 0.1) is 44.8 Å². The van der Waals surface area contributed by atoms with Crippen molar-refractivity contribution >= 4 is 50.9 Å². The first-order valence-corrected chi connectivity index (χ1v) is 14.1. The molecular weight excluding hydrogens is 582 g/mol. The van der Waals surface area contributed by atoms with E-state index in [1.807, 2.05) is 0 Å². The first-order chi connectivity index (χ1) is 18.3. The largest absolute Gasteiger partial charge is 0.481 e. The number of H-pyrrole nitrogens is 1. The van der Waals surface area contributed by atoms with Crippen molar-refractivity contribution in [1.29, 1.82) is 0 Å². The van der Waals surface area contributed by atoms with E-state index >= 15 is 0 Å². The number of likely N-dealkylation sites (tertiary alicyclic amines) is 1. The molecule has 2 aromatic carbocycles. The summed E-state index contributed by atoms with van der Waals surface area (Å²) in [6, 6.07) is 5.13. The van der Waals surface area contributed by atoms with Crippen LogP contribution in [0.4, 0.5) is 13.2 Å². The SMILES string of the molecule is CCS(=O)c1ccc(Cl)cc1Cn1c(=O)[nH]c2c(Cl)c(CN3CCC[C@@H](C(=O)O)C3)c(C(F)(F)F)cc2c1=O. The second kappa shape index (κ2) is 11.4. The van der Waals surface area contributed by atoms with Gasteiger partial charge in [-0.3, -0.25) is 23.3 Å². The molecule has 0 aliphatic carbocycles. The van der Waals surface area contributed by atoms with Crippen molar-refractivity contribution in [2.24, 2.45) is 5.92 Å². The second-order valence-corrected chi connectivity index (χ2v) is 11.8. The zero-order valence-electron chi connectivity index (χ0n) is 20.6. The van der Waals surface area contributed by atoms with Gasteiger partial charge in [-0.25, -0.2) is 4.79 Å². The van der Waals surface area contributed by atoms with Crippen LogP contribution in [0, 0.1) is 5.92 Å². The molecule has 2 N–H and O–H groups in total. The highest BCUT2D eigenvalue weighted by Gasteiger charge is 2.37. The average molecular weight is 606 g/mol. The van der Waals surface area contributed by atoms with Crippen LogP contribution in [-0.2, 0) is 34.9 Å². The molecule has 1 aromatic heterocycles. The molecule has 2 atom stereocenters. The van der Waals surface area contributed by atoms with Gasteiger partial charge < -0.3 is 10.1 Å². The molecular formula is C25H24Cl2F3N3O5S. The second-order valence-electron chi connectivity index (χ2n) is 9.26. The lowest BCUT2D eigenvalue weighted by Crippen LogP contribution is -2.39. The lowest BCUT2D eigenvalue weighted by Gasteiger charge is -2.31. The van der Waals surface area contributed by atoms with E-state index in [-0.39, 0.29) is 41.5 Å². The summed E-state index contributed by atoms with van der Waals surface area (Å²) in [4.78, 5) is 42.1. The number of piperidine rings is 1. The number of aliphatic carboxylic acids is 1. The highest BCUT2D eigenvalue weighted by Crippen LogP contribution is 2.39. The van der Waals surface area contributed by atoms with Gasteiger partial charge in [0.25, 0.3) is 5.56 Å². The van der Waals surface area contributed by atoms with Crippen molar-refractivity contribution in [3.63, 3.8) is 0 Å². The Hall–Kier alpha value is -2.67. The topological polar surface area (TPSA) is 112 Å². The first kappa shape index (κ1) is 29.3. The Morgan fingerprint density at radius 3 is 2.56 bits per heavy atom. The smallest absolute Gasteiger partial charge is 0.416 e. The standard InChI is InChI=1S/C25H24Cl2F3N3O5S/c1-2-39(38)19-6-5-15(26)8-14(19)11-33-22(34)16-9-18(25(28,29)30)17(20(27)21(16)31-24(33)37)12-32-7-3-4-13(10-32)23(35)36/h5-6,8-9,13H,2-4,7,10-12H2,1H3,(H,31,37)(H,35,36)/t13-,39?/m1/s1. The molecule has 0 saturated carbocycles. The first-order valence-electron chi connectivity index (χ1n) is 12.0. The molecule has 2 heterocycles. The maximum atomic E-state index is 14.2. The normalized spacial score (nSPS) is 17.4. The number of carbonyl (C=O) groups is 1. The molecule has 210 valence electrons.